The van der Waals surface area contributed by atoms with E-state index in [2.05, 4.69) is 0 Å². The van der Waals surface area contributed by atoms with E-state index in [0.717, 1.165) is 0 Å². The van der Waals surface area contributed by atoms with Crippen molar-refractivity contribution in [1.29, 1.82) is 0 Å². The quantitative estimate of drug-likeness (QED) is 0.639. The largest absolute Gasteiger partial charge is 0.116 e. The summed E-state index contributed by atoms with van der Waals surface area (Å²) in [5, 5.41) is 1.14. The van der Waals surface area contributed by atoms with Crippen LogP contribution in [0.5, 0.6) is 0 Å². The third-order valence-corrected chi connectivity index (χ3v) is 1.99. The first-order valence-corrected chi connectivity index (χ1v) is 3.82. The highest BCUT2D eigenvalue weighted by Gasteiger charge is 2.02. The van der Waals surface area contributed by atoms with Crippen LogP contribution in [-0.4, -0.2) is 0 Å². The van der Waals surface area contributed by atoms with Gasteiger partial charge in [-0.05, 0) is 12.1 Å². The van der Waals surface area contributed by atoms with Crippen LogP contribution in [0, 0.1) is 5.88 Å². The van der Waals surface area contributed by atoms with Gasteiger partial charge in [0.05, 0.1) is 5.88 Å². The van der Waals surface area contributed by atoms with Crippen LogP contribution in [0.1, 0.15) is 5.56 Å². The Morgan fingerprint density at radius 3 is 1.90 bits per heavy atom. The molecule has 0 saturated heterocycles. The first kappa shape index (κ1) is 8.19. The van der Waals surface area contributed by atoms with Crippen molar-refractivity contribution in [3.05, 3.63) is 39.7 Å². The highest BCUT2D eigenvalue weighted by molar-refractivity contribution is 6.38. The standard InChI is InChI=1S/C7H4Cl3/c8-4-5-6(9)2-1-3-7(5)10/h1-4H. The smallest absolute Gasteiger partial charge is 0.0820 e. The molecule has 0 aromatic heterocycles. The normalized spacial score (nSPS) is 9.90. The summed E-state index contributed by atoms with van der Waals surface area (Å²) in [4.78, 5) is 0. The van der Waals surface area contributed by atoms with Gasteiger partial charge < -0.3 is 0 Å². The fourth-order valence-corrected chi connectivity index (χ4v) is 1.47. The Labute approximate surface area is 74.7 Å². The van der Waals surface area contributed by atoms with E-state index >= 15 is 0 Å². The Hall–Kier alpha value is 0.0900. The fraction of sp³-hybridized carbons (Fsp3) is 0. The molecule has 0 aliphatic rings. The van der Waals surface area contributed by atoms with E-state index in [1.165, 1.54) is 5.88 Å². The molecular weight excluding hydrogens is 190 g/mol. The highest BCUT2D eigenvalue weighted by Crippen LogP contribution is 2.26. The second kappa shape index (κ2) is 3.47. The summed E-state index contributed by atoms with van der Waals surface area (Å²) in [6.45, 7) is 0. The molecule has 0 amide bonds. The van der Waals surface area contributed by atoms with E-state index < -0.39 is 0 Å². The van der Waals surface area contributed by atoms with Crippen LogP contribution in [0.4, 0.5) is 0 Å². The monoisotopic (exact) mass is 193 g/mol. The lowest BCUT2D eigenvalue weighted by atomic mass is 10.2. The van der Waals surface area contributed by atoms with Gasteiger partial charge in [-0.15, -0.1) is 11.6 Å². The summed E-state index contributed by atoms with van der Waals surface area (Å²) in [5.74, 6) is 1.37. The topological polar surface area (TPSA) is 0 Å². The lowest BCUT2D eigenvalue weighted by Crippen LogP contribution is -1.78. The predicted octanol–water partition coefficient (Wildman–Crippen LogP) is 3.74. The van der Waals surface area contributed by atoms with Crippen molar-refractivity contribution in [2.24, 2.45) is 0 Å². The van der Waals surface area contributed by atoms with E-state index in [1.807, 2.05) is 0 Å². The molecule has 0 fully saturated rings. The zero-order valence-electron chi connectivity index (χ0n) is 4.94. The van der Waals surface area contributed by atoms with Gasteiger partial charge in [0.1, 0.15) is 0 Å². The lowest BCUT2D eigenvalue weighted by Gasteiger charge is -1.99. The van der Waals surface area contributed by atoms with Crippen LogP contribution in [0.25, 0.3) is 0 Å². The minimum atomic E-state index is 0.572. The minimum absolute atomic E-state index is 0.572. The Balaban J connectivity index is 3.17. The summed E-state index contributed by atoms with van der Waals surface area (Å²) >= 11 is 16.9. The Morgan fingerprint density at radius 1 is 1.10 bits per heavy atom. The van der Waals surface area contributed by atoms with E-state index in [1.54, 1.807) is 18.2 Å². The Kier molecular flexibility index (Phi) is 2.84. The number of hydrogen-bond donors (Lipinski definition) is 0. The molecule has 0 aliphatic carbocycles. The van der Waals surface area contributed by atoms with Gasteiger partial charge in [0.2, 0.25) is 0 Å². The third kappa shape index (κ3) is 1.57. The van der Waals surface area contributed by atoms with Crippen LogP contribution >= 0.6 is 34.8 Å². The fourth-order valence-electron chi connectivity index (χ4n) is 0.615. The van der Waals surface area contributed by atoms with Crippen LogP contribution in [0.2, 0.25) is 10.0 Å². The maximum atomic E-state index is 5.73. The van der Waals surface area contributed by atoms with Crippen molar-refractivity contribution >= 4 is 34.8 Å². The summed E-state index contributed by atoms with van der Waals surface area (Å²) in [7, 11) is 0. The molecule has 3 heteroatoms. The van der Waals surface area contributed by atoms with Gasteiger partial charge in [-0.25, -0.2) is 0 Å². The van der Waals surface area contributed by atoms with Crippen molar-refractivity contribution in [2.75, 3.05) is 0 Å². The zero-order chi connectivity index (χ0) is 7.56. The Morgan fingerprint density at radius 2 is 1.60 bits per heavy atom. The maximum absolute atomic E-state index is 5.73. The van der Waals surface area contributed by atoms with E-state index in [-0.39, 0.29) is 0 Å². The van der Waals surface area contributed by atoms with Gasteiger partial charge in [0.15, 0.2) is 0 Å². The molecule has 0 unspecified atom stereocenters. The van der Waals surface area contributed by atoms with Crippen molar-refractivity contribution in [1.82, 2.24) is 0 Å². The van der Waals surface area contributed by atoms with Gasteiger partial charge >= 0.3 is 0 Å². The Bertz CT molecular complexity index is 212. The molecule has 1 rings (SSSR count). The summed E-state index contributed by atoms with van der Waals surface area (Å²) in [6.07, 6.45) is 0. The first-order chi connectivity index (χ1) is 4.75. The second-order valence-electron chi connectivity index (χ2n) is 1.74. The number of rotatable bonds is 1. The molecule has 1 aromatic carbocycles. The molecule has 53 valence electrons. The molecule has 0 spiro atoms. The van der Waals surface area contributed by atoms with Crippen LogP contribution in [-0.2, 0) is 0 Å². The van der Waals surface area contributed by atoms with E-state index in [0.29, 0.717) is 15.6 Å². The number of hydrogen-bond acceptors (Lipinski definition) is 0. The zero-order valence-corrected chi connectivity index (χ0v) is 7.21. The predicted molar refractivity (Wildman–Crippen MR) is 45.7 cm³/mol. The summed E-state index contributed by atoms with van der Waals surface area (Å²) in [6, 6.07) is 5.25. The van der Waals surface area contributed by atoms with Crippen molar-refractivity contribution in [3.63, 3.8) is 0 Å². The molecule has 0 heterocycles. The minimum Gasteiger partial charge on any atom is -0.116 e. The SMILES string of the molecule is Cl[CH]c1c(Cl)cccc1Cl. The number of benzene rings is 1. The summed E-state index contributed by atoms with van der Waals surface area (Å²) < 4.78 is 0. The van der Waals surface area contributed by atoms with Crippen molar-refractivity contribution in [3.8, 4) is 0 Å². The highest BCUT2D eigenvalue weighted by atomic mass is 35.5. The van der Waals surface area contributed by atoms with Crippen LogP contribution in [0.15, 0.2) is 18.2 Å². The second-order valence-corrected chi connectivity index (χ2v) is 2.78. The number of halogens is 3. The van der Waals surface area contributed by atoms with Crippen LogP contribution in [0.3, 0.4) is 0 Å². The van der Waals surface area contributed by atoms with Crippen molar-refractivity contribution in [2.45, 2.75) is 0 Å². The molecule has 0 saturated carbocycles. The average Bonchev–Trinajstić information content (AvgIpc) is 1.88. The van der Waals surface area contributed by atoms with Crippen molar-refractivity contribution < 1.29 is 0 Å². The molecule has 0 N–H and O–H groups in total. The molecule has 10 heavy (non-hydrogen) atoms. The first-order valence-electron chi connectivity index (χ1n) is 2.63. The molecular formula is C7H4Cl3. The molecule has 1 radical (unpaired) electrons. The molecule has 0 nitrogen and oxygen atoms in total. The van der Waals surface area contributed by atoms with Gasteiger partial charge in [-0.3, -0.25) is 0 Å². The maximum Gasteiger partial charge on any atom is 0.0820 e. The molecule has 0 bridgehead atoms. The molecule has 0 aliphatic heterocycles. The van der Waals surface area contributed by atoms with Gasteiger partial charge in [-0.1, -0.05) is 29.3 Å². The van der Waals surface area contributed by atoms with E-state index in [9.17, 15) is 0 Å². The van der Waals surface area contributed by atoms with Gasteiger partial charge in [0, 0.05) is 15.6 Å². The van der Waals surface area contributed by atoms with Gasteiger partial charge in [-0.2, -0.15) is 0 Å². The molecule has 0 atom stereocenters. The van der Waals surface area contributed by atoms with E-state index in [4.69, 9.17) is 34.8 Å². The average molecular weight is 194 g/mol. The summed E-state index contributed by atoms with van der Waals surface area (Å²) in [5.41, 5.74) is 0.674. The van der Waals surface area contributed by atoms with Gasteiger partial charge in [0.25, 0.3) is 0 Å². The third-order valence-electron chi connectivity index (χ3n) is 1.11. The lowest BCUT2D eigenvalue weighted by molar-refractivity contribution is 1.58. The van der Waals surface area contributed by atoms with Crippen LogP contribution < -0.4 is 0 Å². The molecule has 1 aromatic rings.